The molecule has 0 spiro atoms. The van der Waals surface area contributed by atoms with Gasteiger partial charge < -0.3 is 4.74 Å². The Labute approximate surface area is 212 Å². The minimum Gasteiger partial charge on any atom is -0.497 e. The first-order chi connectivity index (χ1) is 16.7. The molecule has 35 heavy (non-hydrogen) atoms. The zero-order valence-corrected chi connectivity index (χ0v) is 20.8. The van der Waals surface area contributed by atoms with Gasteiger partial charge in [0.05, 0.1) is 29.5 Å². The largest absolute Gasteiger partial charge is 0.497 e. The molecule has 0 radical (unpaired) electrons. The number of ketones is 1. The Kier molecular flexibility index (Phi) is 6.09. The molecule has 0 unspecified atom stereocenters. The molecule has 2 aromatic carbocycles. The van der Waals surface area contributed by atoms with Gasteiger partial charge in [-0.05, 0) is 80.5 Å². The van der Waals surface area contributed by atoms with E-state index in [0.29, 0.717) is 16.3 Å². The lowest BCUT2D eigenvalue weighted by molar-refractivity contribution is -0.157. The topological polar surface area (TPSA) is 84.0 Å². The van der Waals surface area contributed by atoms with Gasteiger partial charge in [-0.15, -0.1) is 0 Å². The standard InChI is InChI=1S/C26H24Cl2N2O5/c1-13(23(31)14-5-8-18(35-2)9-6-14)29(24(32)19-10-7-17(27)12-20(19)28)30-25(33)21-15-3-4-16(11-15)22(21)26(30)34/h5-10,12-13,15-16,21-22H,3-4,11H2,1-2H3/t13-,15-,16-,21+,22+/m0/s1. The molecular weight excluding hydrogens is 491 g/mol. The SMILES string of the molecule is COc1ccc(C(=O)[C@H](C)N(C(=O)c2ccc(Cl)cc2Cl)N2C(=O)[C@@H]3[C@H]4CC[C@@H](C4)[C@H]3C2=O)cc1. The molecule has 2 aliphatic carbocycles. The van der Waals surface area contributed by atoms with Gasteiger partial charge in [0, 0.05) is 10.6 Å². The van der Waals surface area contributed by atoms with E-state index in [1.54, 1.807) is 24.3 Å². The number of hydrogen-bond acceptors (Lipinski definition) is 5. The monoisotopic (exact) mass is 514 g/mol. The van der Waals surface area contributed by atoms with Crippen LogP contribution in [0.3, 0.4) is 0 Å². The molecule has 1 saturated heterocycles. The number of Topliss-reactive ketones (excluding diaryl/α,β-unsaturated/α-hetero) is 1. The molecule has 5 atom stereocenters. The van der Waals surface area contributed by atoms with Gasteiger partial charge >= 0.3 is 0 Å². The minimum absolute atomic E-state index is 0.0473. The average molecular weight is 515 g/mol. The average Bonchev–Trinajstić information content (AvgIpc) is 3.53. The van der Waals surface area contributed by atoms with Gasteiger partial charge in [-0.2, -0.15) is 5.01 Å². The molecule has 3 amide bonds. The summed E-state index contributed by atoms with van der Waals surface area (Å²) in [4.78, 5) is 54.5. The second-order valence-corrected chi connectivity index (χ2v) is 10.3. The van der Waals surface area contributed by atoms with Crippen molar-refractivity contribution in [1.82, 2.24) is 10.0 Å². The van der Waals surface area contributed by atoms with Crippen molar-refractivity contribution in [3.63, 3.8) is 0 Å². The van der Waals surface area contributed by atoms with Crippen LogP contribution in [0.5, 0.6) is 5.75 Å². The van der Waals surface area contributed by atoms with Gasteiger partial charge in [-0.3, -0.25) is 19.2 Å². The first kappa shape index (κ1) is 23.8. The molecule has 2 saturated carbocycles. The zero-order chi connectivity index (χ0) is 25.0. The van der Waals surface area contributed by atoms with Crippen molar-refractivity contribution in [2.75, 3.05) is 7.11 Å². The number of halogens is 2. The molecule has 5 rings (SSSR count). The van der Waals surface area contributed by atoms with Crippen molar-refractivity contribution in [2.24, 2.45) is 23.7 Å². The van der Waals surface area contributed by atoms with E-state index in [9.17, 15) is 19.2 Å². The third kappa shape index (κ3) is 3.81. The number of amides is 3. The molecular formula is C26H24Cl2N2O5. The van der Waals surface area contributed by atoms with Crippen LogP contribution in [0.4, 0.5) is 0 Å². The number of fused-ring (bicyclic) bond motifs is 5. The highest BCUT2D eigenvalue weighted by Crippen LogP contribution is 2.56. The predicted octanol–water partition coefficient (Wildman–Crippen LogP) is 4.66. The highest BCUT2D eigenvalue weighted by molar-refractivity contribution is 6.36. The molecule has 2 bridgehead atoms. The summed E-state index contributed by atoms with van der Waals surface area (Å²) in [7, 11) is 1.52. The van der Waals surface area contributed by atoms with E-state index in [2.05, 4.69) is 0 Å². The van der Waals surface area contributed by atoms with Crippen LogP contribution in [0.25, 0.3) is 0 Å². The van der Waals surface area contributed by atoms with Gasteiger partial charge in [0.15, 0.2) is 5.78 Å². The molecule has 7 nitrogen and oxygen atoms in total. The Morgan fingerprint density at radius 1 is 1.00 bits per heavy atom. The summed E-state index contributed by atoms with van der Waals surface area (Å²) in [6, 6.07) is 9.63. The molecule has 9 heteroatoms. The lowest BCUT2D eigenvalue weighted by Gasteiger charge is -2.35. The Hall–Kier alpha value is -2.90. The number of nitrogens with zero attached hydrogens (tertiary/aromatic N) is 2. The molecule has 3 aliphatic rings. The molecule has 182 valence electrons. The fraction of sp³-hybridized carbons (Fsp3) is 0.385. The van der Waals surface area contributed by atoms with Crippen LogP contribution in [-0.2, 0) is 9.59 Å². The van der Waals surface area contributed by atoms with E-state index in [-0.39, 0.29) is 22.4 Å². The summed E-state index contributed by atoms with van der Waals surface area (Å²) in [5, 5.41) is 2.30. The number of benzene rings is 2. The number of ether oxygens (including phenoxy) is 1. The fourth-order valence-corrected chi connectivity index (χ4v) is 6.43. The molecule has 0 N–H and O–H groups in total. The van der Waals surface area contributed by atoms with Crippen LogP contribution in [-0.4, -0.2) is 46.7 Å². The lowest BCUT2D eigenvalue weighted by Crippen LogP contribution is -2.57. The molecule has 3 fully saturated rings. The number of carbonyl (C=O) groups is 4. The van der Waals surface area contributed by atoms with Crippen LogP contribution in [0.15, 0.2) is 42.5 Å². The van der Waals surface area contributed by atoms with E-state index in [1.165, 1.54) is 32.2 Å². The van der Waals surface area contributed by atoms with Crippen LogP contribution in [0.2, 0.25) is 10.0 Å². The maximum absolute atomic E-state index is 13.8. The van der Waals surface area contributed by atoms with E-state index in [1.807, 2.05) is 0 Å². The number of rotatable bonds is 6. The third-order valence-corrected chi connectivity index (χ3v) is 8.16. The third-order valence-electron chi connectivity index (χ3n) is 7.61. The Bertz CT molecular complexity index is 1200. The van der Waals surface area contributed by atoms with Crippen LogP contribution in [0, 0.1) is 23.7 Å². The van der Waals surface area contributed by atoms with Gasteiger partial charge in [-0.25, -0.2) is 5.01 Å². The second kappa shape index (κ2) is 8.95. The summed E-state index contributed by atoms with van der Waals surface area (Å²) < 4.78 is 5.15. The van der Waals surface area contributed by atoms with E-state index >= 15 is 0 Å². The van der Waals surface area contributed by atoms with Crippen LogP contribution in [0.1, 0.15) is 46.9 Å². The first-order valence-electron chi connectivity index (χ1n) is 11.6. The summed E-state index contributed by atoms with van der Waals surface area (Å²) in [5.74, 6) is -2.02. The smallest absolute Gasteiger partial charge is 0.275 e. The van der Waals surface area contributed by atoms with Crippen molar-refractivity contribution in [3.8, 4) is 5.75 Å². The van der Waals surface area contributed by atoms with E-state index in [4.69, 9.17) is 27.9 Å². The van der Waals surface area contributed by atoms with Gasteiger partial charge in [0.1, 0.15) is 11.8 Å². The predicted molar refractivity (Wildman–Crippen MR) is 129 cm³/mol. The quantitative estimate of drug-likeness (QED) is 0.413. The summed E-state index contributed by atoms with van der Waals surface area (Å²) >= 11 is 12.3. The van der Waals surface area contributed by atoms with Crippen LogP contribution >= 0.6 is 23.2 Å². The van der Waals surface area contributed by atoms with Gasteiger partial charge in [0.2, 0.25) is 0 Å². The highest BCUT2D eigenvalue weighted by atomic mass is 35.5. The Balaban J connectivity index is 1.55. The molecule has 0 aromatic heterocycles. The number of carbonyl (C=O) groups excluding carboxylic acids is 4. The van der Waals surface area contributed by atoms with Crippen molar-refractivity contribution in [2.45, 2.75) is 32.2 Å². The first-order valence-corrected chi connectivity index (χ1v) is 12.3. The number of hydrogen-bond donors (Lipinski definition) is 0. The zero-order valence-electron chi connectivity index (χ0n) is 19.2. The second-order valence-electron chi connectivity index (χ2n) is 9.42. The van der Waals surface area contributed by atoms with Crippen molar-refractivity contribution in [3.05, 3.63) is 63.6 Å². The van der Waals surface area contributed by atoms with Crippen molar-refractivity contribution < 1.29 is 23.9 Å². The number of imide groups is 1. The van der Waals surface area contributed by atoms with Gasteiger partial charge in [-0.1, -0.05) is 23.2 Å². The maximum Gasteiger partial charge on any atom is 0.275 e. The lowest BCUT2D eigenvalue weighted by atomic mass is 9.81. The Morgan fingerprint density at radius 3 is 2.14 bits per heavy atom. The van der Waals surface area contributed by atoms with Crippen molar-refractivity contribution >= 4 is 46.7 Å². The number of methoxy groups -OCH3 is 1. The molecule has 1 heterocycles. The normalized spacial score (nSPS) is 25.5. The van der Waals surface area contributed by atoms with E-state index in [0.717, 1.165) is 29.3 Å². The Morgan fingerprint density at radius 2 is 1.60 bits per heavy atom. The van der Waals surface area contributed by atoms with Crippen molar-refractivity contribution in [1.29, 1.82) is 0 Å². The highest BCUT2D eigenvalue weighted by Gasteiger charge is 2.63. The summed E-state index contributed by atoms with van der Waals surface area (Å²) in [6.07, 6.45) is 2.66. The van der Waals surface area contributed by atoms with Crippen LogP contribution < -0.4 is 4.74 Å². The van der Waals surface area contributed by atoms with E-state index < -0.39 is 41.4 Å². The molecule has 2 aromatic rings. The minimum atomic E-state index is -1.15. The number of hydrazine groups is 1. The molecule has 1 aliphatic heterocycles. The summed E-state index contributed by atoms with van der Waals surface area (Å²) in [6.45, 7) is 1.51. The summed E-state index contributed by atoms with van der Waals surface area (Å²) in [5.41, 5.74) is 0.365. The van der Waals surface area contributed by atoms with Gasteiger partial charge in [0.25, 0.3) is 17.7 Å². The fourth-order valence-electron chi connectivity index (χ4n) is 5.94. The maximum atomic E-state index is 13.8.